The molecular formula is C17H15NO2S. The normalized spacial score (nSPS) is 10.8. The molecule has 106 valence electrons. The minimum absolute atomic E-state index is 0.297. The third kappa shape index (κ3) is 2.44. The Balaban J connectivity index is 2.23. The van der Waals surface area contributed by atoms with Crippen molar-refractivity contribution in [3.63, 3.8) is 0 Å². The number of rotatable bonds is 3. The first-order chi connectivity index (χ1) is 10.2. The highest BCUT2D eigenvalue weighted by atomic mass is 32.1. The average molecular weight is 297 g/mol. The molecule has 0 atom stereocenters. The van der Waals surface area contributed by atoms with Crippen LogP contribution in [0.3, 0.4) is 0 Å². The summed E-state index contributed by atoms with van der Waals surface area (Å²) in [6.07, 6.45) is 0. The number of nitrogens with two attached hydrogens (primary N) is 1. The molecule has 2 aromatic carbocycles. The Labute approximate surface area is 127 Å². The SMILES string of the molecule is COC(=O)c1cc2c(-c3ccccc3CN)cccc2s1. The third-order valence-electron chi connectivity index (χ3n) is 3.48. The average Bonchev–Trinajstić information content (AvgIpc) is 2.98. The third-order valence-corrected chi connectivity index (χ3v) is 4.56. The minimum atomic E-state index is -0.297. The molecule has 3 rings (SSSR count). The van der Waals surface area contributed by atoms with E-state index in [2.05, 4.69) is 12.1 Å². The standard InChI is InChI=1S/C17H15NO2S/c1-20-17(19)16-9-14-13(7-4-8-15(14)21-16)12-6-3-2-5-11(12)10-18/h2-9H,10,18H2,1H3. The van der Waals surface area contributed by atoms with Gasteiger partial charge in [-0.25, -0.2) is 4.79 Å². The van der Waals surface area contributed by atoms with E-state index in [9.17, 15) is 4.79 Å². The van der Waals surface area contributed by atoms with Crippen molar-refractivity contribution in [2.24, 2.45) is 5.73 Å². The quantitative estimate of drug-likeness (QED) is 0.748. The summed E-state index contributed by atoms with van der Waals surface area (Å²) in [6, 6.07) is 16.1. The predicted molar refractivity (Wildman–Crippen MR) is 86.5 cm³/mol. The topological polar surface area (TPSA) is 52.3 Å². The zero-order chi connectivity index (χ0) is 14.8. The number of methoxy groups -OCH3 is 1. The van der Waals surface area contributed by atoms with Crippen LogP contribution in [0.25, 0.3) is 21.2 Å². The smallest absolute Gasteiger partial charge is 0.348 e. The first kappa shape index (κ1) is 13.8. The molecule has 0 radical (unpaired) electrons. The monoisotopic (exact) mass is 297 g/mol. The molecule has 4 heteroatoms. The van der Waals surface area contributed by atoms with Crippen molar-refractivity contribution in [3.8, 4) is 11.1 Å². The van der Waals surface area contributed by atoms with Gasteiger partial charge < -0.3 is 10.5 Å². The van der Waals surface area contributed by atoms with Crippen LogP contribution in [0.1, 0.15) is 15.2 Å². The summed E-state index contributed by atoms with van der Waals surface area (Å²) in [6.45, 7) is 0.487. The molecule has 0 spiro atoms. The number of benzene rings is 2. The fraction of sp³-hybridized carbons (Fsp3) is 0.118. The first-order valence-corrected chi connectivity index (χ1v) is 7.45. The summed E-state index contributed by atoms with van der Waals surface area (Å²) in [5, 5.41) is 1.06. The van der Waals surface area contributed by atoms with Gasteiger partial charge in [-0.15, -0.1) is 11.3 Å². The molecule has 0 amide bonds. The van der Waals surface area contributed by atoms with Crippen molar-refractivity contribution in [1.82, 2.24) is 0 Å². The lowest BCUT2D eigenvalue weighted by Crippen LogP contribution is -1.98. The molecular weight excluding hydrogens is 282 g/mol. The van der Waals surface area contributed by atoms with Crippen LogP contribution < -0.4 is 5.73 Å². The van der Waals surface area contributed by atoms with Crippen LogP contribution in [-0.2, 0) is 11.3 Å². The lowest BCUT2D eigenvalue weighted by Gasteiger charge is -2.08. The largest absolute Gasteiger partial charge is 0.465 e. The van der Waals surface area contributed by atoms with E-state index in [1.54, 1.807) is 0 Å². The number of hydrogen-bond donors (Lipinski definition) is 1. The molecule has 0 saturated heterocycles. The van der Waals surface area contributed by atoms with Crippen LogP contribution in [0, 0.1) is 0 Å². The Hall–Kier alpha value is -2.17. The van der Waals surface area contributed by atoms with Crippen molar-refractivity contribution < 1.29 is 9.53 Å². The molecule has 0 bridgehead atoms. The van der Waals surface area contributed by atoms with Gasteiger partial charge in [0.2, 0.25) is 0 Å². The summed E-state index contributed by atoms with van der Waals surface area (Å²) in [5.41, 5.74) is 9.14. The maximum absolute atomic E-state index is 11.7. The maximum Gasteiger partial charge on any atom is 0.348 e. The Kier molecular flexibility index (Phi) is 3.73. The Morgan fingerprint density at radius 1 is 1.14 bits per heavy atom. The van der Waals surface area contributed by atoms with Crippen molar-refractivity contribution in [2.45, 2.75) is 6.54 Å². The van der Waals surface area contributed by atoms with Crippen LogP contribution in [0.2, 0.25) is 0 Å². The second-order valence-electron chi connectivity index (χ2n) is 4.68. The highest BCUT2D eigenvalue weighted by Gasteiger charge is 2.14. The minimum Gasteiger partial charge on any atom is -0.465 e. The van der Waals surface area contributed by atoms with Gasteiger partial charge in [-0.2, -0.15) is 0 Å². The van der Waals surface area contributed by atoms with Gasteiger partial charge in [0.05, 0.1) is 7.11 Å². The molecule has 0 aliphatic carbocycles. The second kappa shape index (κ2) is 5.68. The molecule has 1 heterocycles. The molecule has 0 saturated carbocycles. The summed E-state index contributed by atoms with van der Waals surface area (Å²) in [4.78, 5) is 12.3. The van der Waals surface area contributed by atoms with E-state index in [1.165, 1.54) is 18.4 Å². The number of carbonyl (C=O) groups is 1. The van der Waals surface area contributed by atoms with Crippen LogP contribution in [0.15, 0.2) is 48.5 Å². The van der Waals surface area contributed by atoms with Crippen LogP contribution in [0.5, 0.6) is 0 Å². The van der Waals surface area contributed by atoms with Gasteiger partial charge in [0.15, 0.2) is 0 Å². The molecule has 21 heavy (non-hydrogen) atoms. The molecule has 3 aromatic rings. The molecule has 0 fully saturated rings. The van der Waals surface area contributed by atoms with E-state index < -0.39 is 0 Å². The van der Waals surface area contributed by atoms with Gasteiger partial charge in [-0.1, -0.05) is 36.4 Å². The predicted octanol–water partition coefficient (Wildman–Crippen LogP) is 3.81. The lowest BCUT2D eigenvalue weighted by molar-refractivity contribution is 0.0606. The second-order valence-corrected chi connectivity index (χ2v) is 5.76. The van der Waals surface area contributed by atoms with Gasteiger partial charge in [-0.3, -0.25) is 0 Å². The van der Waals surface area contributed by atoms with E-state index >= 15 is 0 Å². The summed E-state index contributed by atoms with van der Waals surface area (Å²) in [5.74, 6) is -0.297. The number of hydrogen-bond acceptors (Lipinski definition) is 4. The van der Waals surface area contributed by atoms with Crippen LogP contribution in [0.4, 0.5) is 0 Å². The van der Waals surface area contributed by atoms with Gasteiger partial charge >= 0.3 is 5.97 Å². The molecule has 0 aliphatic rings. The fourth-order valence-electron chi connectivity index (χ4n) is 2.46. The fourth-order valence-corrected chi connectivity index (χ4v) is 3.46. The van der Waals surface area contributed by atoms with E-state index in [4.69, 9.17) is 10.5 Å². The van der Waals surface area contributed by atoms with Crippen molar-refractivity contribution in [3.05, 3.63) is 59.0 Å². The lowest BCUT2D eigenvalue weighted by atomic mass is 9.97. The van der Waals surface area contributed by atoms with Gasteiger partial charge in [0, 0.05) is 16.6 Å². The summed E-state index contributed by atoms with van der Waals surface area (Å²) >= 11 is 1.45. The number of carbonyl (C=O) groups excluding carboxylic acids is 1. The van der Waals surface area contributed by atoms with E-state index in [0.717, 1.165) is 26.8 Å². The van der Waals surface area contributed by atoms with Gasteiger partial charge in [0.1, 0.15) is 4.88 Å². The zero-order valence-corrected chi connectivity index (χ0v) is 12.4. The summed E-state index contributed by atoms with van der Waals surface area (Å²) < 4.78 is 5.88. The van der Waals surface area contributed by atoms with E-state index in [1.807, 2.05) is 36.4 Å². The highest BCUT2D eigenvalue weighted by molar-refractivity contribution is 7.20. The molecule has 1 aromatic heterocycles. The van der Waals surface area contributed by atoms with Crippen molar-refractivity contribution >= 4 is 27.4 Å². The number of ether oxygens (including phenoxy) is 1. The first-order valence-electron chi connectivity index (χ1n) is 6.64. The Morgan fingerprint density at radius 2 is 1.90 bits per heavy atom. The Morgan fingerprint density at radius 3 is 2.67 bits per heavy atom. The van der Waals surface area contributed by atoms with Crippen LogP contribution in [-0.4, -0.2) is 13.1 Å². The van der Waals surface area contributed by atoms with Crippen molar-refractivity contribution in [1.29, 1.82) is 0 Å². The zero-order valence-electron chi connectivity index (χ0n) is 11.6. The molecule has 3 nitrogen and oxygen atoms in total. The molecule has 0 unspecified atom stereocenters. The Bertz CT molecular complexity index is 807. The molecule has 2 N–H and O–H groups in total. The molecule has 0 aliphatic heterocycles. The van der Waals surface area contributed by atoms with Crippen molar-refractivity contribution in [2.75, 3.05) is 7.11 Å². The van der Waals surface area contributed by atoms with Crippen LogP contribution >= 0.6 is 11.3 Å². The number of esters is 1. The van der Waals surface area contributed by atoms with E-state index in [0.29, 0.717) is 11.4 Å². The summed E-state index contributed by atoms with van der Waals surface area (Å²) in [7, 11) is 1.40. The van der Waals surface area contributed by atoms with Gasteiger partial charge in [-0.05, 0) is 28.8 Å². The number of thiophene rings is 1. The highest BCUT2D eigenvalue weighted by Crippen LogP contribution is 2.35. The number of fused-ring (bicyclic) bond motifs is 1. The van der Waals surface area contributed by atoms with E-state index in [-0.39, 0.29) is 5.97 Å². The maximum atomic E-state index is 11.7. The van der Waals surface area contributed by atoms with Gasteiger partial charge in [0.25, 0.3) is 0 Å².